The van der Waals surface area contributed by atoms with Crippen molar-refractivity contribution in [1.82, 2.24) is 4.90 Å². The molecule has 0 radical (unpaired) electrons. The summed E-state index contributed by atoms with van der Waals surface area (Å²) >= 11 is 1.64. The molecule has 6 N–H and O–H groups in total. The van der Waals surface area contributed by atoms with Crippen LogP contribution in [0.1, 0.15) is 12.5 Å². The number of allylic oxidation sites excluding steroid dienone is 1. The van der Waals surface area contributed by atoms with E-state index >= 15 is 0 Å². The number of carbonyl (C=O) groups is 1. The van der Waals surface area contributed by atoms with Gasteiger partial charge in [-0.2, -0.15) is 0 Å². The molecule has 1 rings (SSSR count). The Bertz CT molecular complexity index is 584. The third-order valence-electron chi connectivity index (χ3n) is 3.12. The zero-order valence-electron chi connectivity index (χ0n) is 13.8. The Morgan fingerprint density at radius 3 is 2.70 bits per heavy atom. The van der Waals surface area contributed by atoms with E-state index in [0.29, 0.717) is 5.57 Å². The van der Waals surface area contributed by atoms with Crippen molar-refractivity contribution in [3.8, 4) is 0 Å². The van der Waals surface area contributed by atoms with E-state index < -0.39 is 6.04 Å². The molecule has 0 saturated carbocycles. The Hall–Kier alpha value is -1.83. The number of nitrogens with two attached hydrogens (primary N) is 2. The molecule has 0 heterocycles. The number of rotatable bonds is 8. The molecule has 126 valence electrons. The molecule has 23 heavy (non-hydrogen) atoms. The lowest BCUT2D eigenvalue weighted by Crippen LogP contribution is -2.32. The molecular weight excluding hydrogens is 310 g/mol. The molecular formula is C16H25N5OS. The lowest BCUT2D eigenvalue weighted by Gasteiger charge is -2.15. The summed E-state index contributed by atoms with van der Waals surface area (Å²) in [5.74, 6) is 0.651. The smallest absolute Gasteiger partial charge is 0.241 e. The topological polar surface area (TPSA) is 108 Å². The number of benzene rings is 1. The second-order valence-electron chi connectivity index (χ2n) is 5.41. The molecule has 0 saturated heterocycles. The van der Waals surface area contributed by atoms with Crippen LogP contribution in [0.25, 0.3) is 5.57 Å². The second-order valence-corrected chi connectivity index (χ2v) is 6.54. The van der Waals surface area contributed by atoms with E-state index in [9.17, 15) is 4.79 Å². The van der Waals surface area contributed by atoms with Crippen LogP contribution in [-0.2, 0) is 4.79 Å². The quantitative estimate of drug-likeness (QED) is 0.426. The highest BCUT2D eigenvalue weighted by Gasteiger charge is 2.12. The summed E-state index contributed by atoms with van der Waals surface area (Å²) in [7, 11) is 4.03. The fourth-order valence-electron chi connectivity index (χ4n) is 1.74. The van der Waals surface area contributed by atoms with Crippen LogP contribution in [0.15, 0.2) is 29.3 Å². The van der Waals surface area contributed by atoms with Gasteiger partial charge in [0.1, 0.15) is 0 Å². The van der Waals surface area contributed by atoms with E-state index in [1.54, 1.807) is 18.7 Å². The van der Waals surface area contributed by atoms with Gasteiger partial charge in [0.05, 0.1) is 11.7 Å². The molecule has 0 aliphatic carbocycles. The molecule has 0 spiro atoms. The monoisotopic (exact) mass is 335 g/mol. The van der Waals surface area contributed by atoms with E-state index in [4.69, 9.17) is 16.9 Å². The van der Waals surface area contributed by atoms with Crippen LogP contribution in [0.3, 0.4) is 0 Å². The second kappa shape index (κ2) is 9.34. The normalized spacial score (nSPS) is 13.0. The van der Waals surface area contributed by atoms with Gasteiger partial charge in [0.2, 0.25) is 5.91 Å². The molecule has 0 aromatic heterocycles. The van der Waals surface area contributed by atoms with Crippen LogP contribution in [0.2, 0.25) is 0 Å². The van der Waals surface area contributed by atoms with Gasteiger partial charge in [-0.25, -0.2) is 0 Å². The summed E-state index contributed by atoms with van der Waals surface area (Å²) < 4.78 is 0. The molecule has 1 amide bonds. The van der Waals surface area contributed by atoms with Crippen molar-refractivity contribution in [2.24, 2.45) is 11.5 Å². The highest BCUT2D eigenvalue weighted by atomic mass is 32.2. The van der Waals surface area contributed by atoms with Gasteiger partial charge in [-0.15, -0.1) is 11.8 Å². The van der Waals surface area contributed by atoms with Gasteiger partial charge in [0.15, 0.2) is 0 Å². The maximum absolute atomic E-state index is 11.9. The molecule has 0 aliphatic heterocycles. The van der Waals surface area contributed by atoms with E-state index in [0.717, 1.165) is 28.4 Å². The third-order valence-corrected chi connectivity index (χ3v) is 4.15. The predicted octanol–water partition coefficient (Wildman–Crippen LogP) is 1.58. The summed E-state index contributed by atoms with van der Waals surface area (Å²) in [5, 5.41) is 10.3. The van der Waals surface area contributed by atoms with Gasteiger partial charge in [0, 0.05) is 35.2 Å². The molecule has 1 aromatic carbocycles. The molecule has 0 bridgehead atoms. The van der Waals surface area contributed by atoms with Gasteiger partial charge in [-0.3, -0.25) is 4.79 Å². The average Bonchev–Trinajstić information content (AvgIpc) is 2.50. The molecule has 1 aromatic rings. The van der Waals surface area contributed by atoms with Crippen LogP contribution in [0, 0.1) is 5.41 Å². The number of amides is 1. The molecule has 7 heteroatoms. The van der Waals surface area contributed by atoms with Crippen molar-refractivity contribution in [3.05, 3.63) is 30.0 Å². The van der Waals surface area contributed by atoms with Crippen molar-refractivity contribution in [2.45, 2.75) is 17.9 Å². The number of nitrogens with one attached hydrogen (secondary N) is 2. The third kappa shape index (κ3) is 6.05. The van der Waals surface area contributed by atoms with Crippen molar-refractivity contribution < 1.29 is 4.79 Å². The predicted molar refractivity (Wildman–Crippen MR) is 98.9 cm³/mol. The maximum atomic E-state index is 11.9. The first-order chi connectivity index (χ1) is 10.9. The van der Waals surface area contributed by atoms with Gasteiger partial charge in [0.25, 0.3) is 0 Å². The van der Waals surface area contributed by atoms with Gasteiger partial charge in [-0.05, 0) is 38.7 Å². The highest BCUT2D eigenvalue weighted by molar-refractivity contribution is 7.99. The van der Waals surface area contributed by atoms with E-state index in [-0.39, 0.29) is 5.91 Å². The molecule has 0 aliphatic rings. The Balaban J connectivity index is 3.07. The summed E-state index contributed by atoms with van der Waals surface area (Å²) in [4.78, 5) is 14.9. The van der Waals surface area contributed by atoms with E-state index in [1.165, 1.54) is 12.4 Å². The zero-order chi connectivity index (χ0) is 17.4. The first kappa shape index (κ1) is 19.2. The lowest BCUT2D eigenvalue weighted by atomic mass is 10.1. The van der Waals surface area contributed by atoms with Crippen molar-refractivity contribution in [3.63, 3.8) is 0 Å². The highest BCUT2D eigenvalue weighted by Crippen LogP contribution is 2.30. The number of thioether (sulfide) groups is 1. The van der Waals surface area contributed by atoms with Crippen molar-refractivity contribution >= 4 is 35.1 Å². The molecule has 1 atom stereocenters. The molecule has 0 fully saturated rings. The van der Waals surface area contributed by atoms with Crippen LogP contribution >= 0.6 is 11.8 Å². The fourth-order valence-corrected chi connectivity index (χ4v) is 2.90. The number of carbonyl (C=O) groups excluding carboxylic acids is 1. The molecule has 1 unspecified atom stereocenters. The van der Waals surface area contributed by atoms with Crippen LogP contribution in [-0.4, -0.2) is 49.5 Å². The van der Waals surface area contributed by atoms with Gasteiger partial charge >= 0.3 is 0 Å². The Labute approximate surface area is 141 Å². The average molecular weight is 335 g/mol. The van der Waals surface area contributed by atoms with Crippen LogP contribution < -0.4 is 16.8 Å². The summed E-state index contributed by atoms with van der Waals surface area (Å²) in [6.07, 6.45) is 2.61. The number of anilines is 1. The lowest BCUT2D eigenvalue weighted by molar-refractivity contribution is -0.117. The fraction of sp³-hybridized carbons (Fsp3) is 0.375. The maximum Gasteiger partial charge on any atom is 0.241 e. The minimum absolute atomic E-state index is 0.228. The van der Waals surface area contributed by atoms with Gasteiger partial charge in [-0.1, -0.05) is 6.07 Å². The largest absolute Gasteiger partial charge is 0.404 e. The SMILES string of the molecule is CC(N)C(=O)Nc1ccc(/C(C=N)=C/N)cc1SCCN(C)C. The van der Waals surface area contributed by atoms with Crippen LogP contribution in [0.5, 0.6) is 0 Å². The van der Waals surface area contributed by atoms with Crippen molar-refractivity contribution in [2.75, 3.05) is 31.7 Å². The zero-order valence-corrected chi connectivity index (χ0v) is 14.6. The number of hydrogen-bond acceptors (Lipinski definition) is 6. The van der Waals surface area contributed by atoms with Gasteiger partial charge < -0.3 is 27.1 Å². The van der Waals surface area contributed by atoms with Crippen LogP contribution in [0.4, 0.5) is 5.69 Å². The Morgan fingerprint density at radius 1 is 1.48 bits per heavy atom. The summed E-state index contributed by atoms with van der Waals surface area (Å²) in [6, 6.07) is 5.01. The Kier molecular flexibility index (Phi) is 7.80. The standard InChI is InChI=1S/C16H25N5OS/c1-11(19)16(22)20-14-5-4-12(13(9-17)10-18)8-15(14)23-7-6-21(2)3/h4-5,8-11,17H,6-7,18-19H2,1-3H3,(H,20,22)/b13-10+,17-9?. The first-order valence-corrected chi connectivity index (χ1v) is 8.28. The van der Waals surface area contributed by atoms with E-state index in [1.807, 2.05) is 32.3 Å². The van der Waals surface area contributed by atoms with Crippen molar-refractivity contribution in [1.29, 1.82) is 5.41 Å². The Morgan fingerprint density at radius 2 is 2.17 bits per heavy atom. The summed E-state index contributed by atoms with van der Waals surface area (Å²) in [5.41, 5.74) is 13.4. The van der Waals surface area contributed by atoms with E-state index in [2.05, 4.69) is 10.2 Å². The minimum atomic E-state index is -0.574. The number of nitrogens with zero attached hydrogens (tertiary/aromatic N) is 1. The number of hydrogen-bond donors (Lipinski definition) is 4. The minimum Gasteiger partial charge on any atom is -0.404 e. The molecule has 6 nitrogen and oxygen atoms in total. The first-order valence-electron chi connectivity index (χ1n) is 7.29. The summed E-state index contributed by atoms with van der Waals surface area (Å²) in [6.45, 7) is 2.56.